The predicted octanol–water partition coefficient (Wildman–Crippen LogP) is 4.83. The smallest absolute Gasteiger partial charge is 0.233 e. The molecule has 1 aromatic rings. The van der Waals surface area contributed by atoms with E-state index >= 15 is 0 Å². The molecule has 0 aliphatic heterocycles. The summed E-state index contributed by atoms with van der Waals surface area (Å²) in [6.45, 7) is 4.30. The van der Waals surface area contributed by atoms with Gasteiger partial charge in [0, 0.05) is 12.0 Å². The molecule has 0 aromatic heterocycles. The highest BCUT2D eigenvalue weighted by atomic mass is 16.2. The molecule has 2 atom stereocenters. The number of carbonyl (C=O) groups is 2. The van der Waals surface area contributed by atoms with Crippen LogP contribution in [-0.2, 0) is 9.59 Å². The number of carbonyl (C=O) groups excluding carboxylic acids is 2. The molecule has 3 nitrogen and oxygen atoms in total. The Morgan fingerprint density at radius 1 is 1.00 bits per heavy atom. The van der Waals surface area contributed by atoms with Gasteiger partial charge < -0.3 is 0 Å². The van der Waals surface area contributed by atoms with E-state index in [1.54, 1.807) is 0 Å². The molecule has 1 fully saturated rings. The lowest BCUT2D eigenvalue weighted by Crippen LogP contribution is -2.45. The maximum atomic E-state index is 13.3. The van der Waals surface area contributed by atoms with Gasteiger partial charge in [0.2, 0.25) is 12.3 Å². The normalized spacial score (nSPS) is 24.9. The third-order valence-corrected chi connectivity index (χ3v) is 6.15. The van der Waals surface area contributed by atoms with Gasteiger partial charge in [-0.2, -0.15) is 0 Å². The van der Waals surface area contributed by atoms with Gasteiger partial charge in [-0.25, -0.2) is 0 Å². The van der Waals surface area contributed by atoms with Crippen LogP contribution in [0.2, 0.25) is 0 Å². The first-order valence-corrected chi connectivity index (χ1v) is 9.59. The standard InChI is InChI=1S/C22H29NO2/c1-16-13-20(18-9-5-3-6-10-18)21(14-17(16)2)22(25)23(15-24)19-11-7-4-8-12-19/h3,5-6,9-10,15,19-21H,4,7-8,11-14H2,1-2H3/t20-,21+/m1/s1. The minimum Gasteiger partial charge on any atom is -0.282 e. The first kappa shape index (κ1) is 17.9. The number of allylic oxidation sites excluding steroid dienone is 2. The van der Waals surface area contributed by atoms with Crippen LogP contribution in [0.1, 0.15) is 70.3 Å². The molecule has 0 saturated heterocycles. The van der Waals surface area contributed by atoms with Crippen molar-refractivity contribution >= 4 is 12.3 Å². The molecule has 2 aliphatic rings. The molecule has 0 bridgehead atoms. The van der Waals surface area contributed by atoms with Crippen LogP contribution in [0.5, 0.6) is 0 Å². The van der Waals surface area contributed by atoms with E-state index in [0.717, 1.165) is 44.9 Å². The number of hydrogen-bond donors (Lipinski definition) is 0. The third kappa shape index (κ3) is 3.86. The van der Waals surface area contributed by atoms with E-state index in [0.29, 0.717) is 0 Å². The molecule has 2 aliphatic carbocycles. The van der Waals surface area contributed by atoms with Crippen molar-refractivity contribution in [2.24, 2.45) is 5.92 Å². The SMILES string of the molecule is CC1=C(C)C[C@H](c2ccccc2)[C@@H](C(=O)N(C=O)C2CCCCC2)C1. The fourth-order valence-electron chi connectivity index (χ4n) is 4.47. The molecule has 0 heterocycles. The van der Waals surface area contributed by atoms with Gasteiger partial charge >= 0.3 is 0 Å². The van der Waals surface area contributed by atoms with Gasteiger partial charge in [0.05, 0.1) is 0 Å². The Morgan fingerprint density at radius 2 is 1.64 bits per heavy atom. The number of benzene rings is 1. The minimum absolute atomic E-state index is 0.0302. The summed E-state index contributed by atoms with van der Waals surface area (Å²) in [5.41, 5.74) is 3.90. The fourth-order valence-corrected chi connectivity index (χ4v) is 4.47. The average molecular weight is 339 g/mol. The monoisotopic (exact) mass is 339 g/mol. The largest absolute Gasteiger partial charge is 0.282 e. The number of rotatable bonds is 4. The summed E-state index contributed by atoms with van der Waals surface area (Å²) < 4.78 is 0. The second-order valence-corrected chi connectivity index (χ2v) is 7.74. The van der Waals surface area contributed by atoms with Crippen molar-refractivity contribution < 1.29 is 9.59 Å². The van der Waals surface area contributed by atoms with Crippen LogP contribution in [0, 0.1) is 5.92 Å². The predicted molar refractivity (Wildman–Crippen MR) is 100 cm³/mol. The van der Waals surface area contributed by atoms with Crippen LogP contribution in [0.25, 0.3) is 0 Å². The van der Waals surface area contributed by atoms with E-state index in [1.165, 1.54) is 28.0 Å². The van der Waals surface area contributed by atoms with Gasteiger partial charge in [-0.3, -0.25) is 14.5 Å². The molecule has 134 valence electrons. The molecule has 0 spiro atoms. The van der Waals surface area contributed by atoms with Crippen molar-refractivity contribution in [3.63, 3.8) is 0 Å². The zero-order valence-electron chi connectivity index (χ0n) is 15.4. The molecular weight excluding hydrogens is 310 g/mol. The first-order chi connectivity index (χ1) is 12.1. The number of imide groups is 1. The molecule has 3 heteroatoms. The van der Waals surface area contributed by atoms with Crippen LogP contribution < -0.4 is 0 Å². The van der Waals surface area contributed by atoms with E-state index in [4.69, 9.17) is 0 Å². The van der Waals surface area contributed by atoms with Crippen LogP contribution >= 0.6 is 0 Å². The third-order valence-electron chi connectivity index (χ3n) is 6.15. The van der Waals surface area contributed by atoms with Crippen molar-refractivity contribution in [1.29, 1.82) is 0 Å². The van der Waals surface area contributed by atoms with Gasteiger partial charge in [-0.15, -0.1) is 0 Å². The zero-order chi connectivity index (χ0) is 17.8. The van der Waals surface area contributed by atoms with E-state index in [9.17, 15) is 9.59 Å². The van der Waals surface area contributed by atoms with Crippen molar-refractivity contribution in [1.82, 2.24) is 4.90 Å². The van der Waals surface area contributed by atoms with E-state index in [1.807, 2.05) is 18.2 Å². The molecule has 1 saturated carbocycles. The topological polar surface area (TPSA) is 37.4 Å². The average Bonchev–Trinajstić information content (AvgIpc) is 2.65. The lowest BCUT2D eigenvalue weighted by molar-refractivity contribution is -0.145. The highest BCUT2D eigenvalue weighted by Crippen LogP contribution is 2.42. The summed E-state index contributed by atoms with van der Waals surface area (Å²) in [4.78, 5) is 26.6. The Bertz CT molecular complexity index is 643. The Kier molecular flexibility index (Phi) is 5.72. The molecular formula is C22H29NO2. The Morgan fingerprint density at radius 3 is 2.28 bits per heavy atom. The summed E-state index contributed by atoms with van der Waals surface area (Å²) in [6.07, 6.45) is 7.84. The fraction of sp³-hybridized carbons (Fsp3) is 0.545. The second kappa shape index (κ2) is 7.99. The second-order valence-electron chi connectivity index (χ2n) is 7.74. The molecule has 0 unspecified atom stereocenters. The van der Waals surface area contributed by atoms with Crippen LogP contribution in [0.4, 0.5) is 0 Å². The van der Waals surface area contributed by atoms with Gasteiger partial charge in [-0.05, 0) is 51.0 Å². The van der Waals surface area contributed by atoms with E-state index < -0.39 is 0 Å². The van der Waals surface area contributed by atoms with Crippen molar-refractivity contribution in [2.75, 3.05) is 0 Å². The Hall–Kier alpha value is -1.90. The molecule has 3 rings (SSSR count). The summed E-state index contributed by atoms with van der Waals surface area (Å²) in [7, 11) is 0. The van der Waals surface area contributed by atoms with E-state index in [2.05, 4.69) is 26.0 Å². The number of amides is 2. The highest BCUT2D eigenvalue weighted by molar-refractivity contribution is 5.89. The number of hydrogen-bond acceptors (Lipinski definition) is 2. The van der Waals surface area contributed by atoms with Gasteiger partial charge in [-0.1, -0.05) is 60.7 Å². The molecule has 0 N–H and O–H groups in total. The molecule has 2 amide bonds. The Labute approximate surface area is 151 Å². The van der Waals surface area contributed by atoms with Gasteiger partial charge in [0.1, 0.15) is 0 Å². The summed E-state index contributed by atoms with van der Waals surface area (Å²) in [5, 5.41) is 0. The maximum absolute atomic E-state index is 13.3. The highest BCUT2D eigenvalue weighted by Gasteiger charge is 2.38. The summed E-state index contributed by atoms with van der Waals surface area (Å²) in [6, 6.07) is 10.4. The lowest BCUT2D eigenvalue weighted by atomic mass is 9.72. The summed E-state index contributed by atoms with van der Waals surface area (Å²) >= 11 is 0. The lowest BCUT2D eigenvalue weighted by Gasteiger charge is -2.37. The number of nitrogens with zero attached hydrogens (tertiary/aromatic N) is 1. The van der Waals surface area contributed by atoms with Crippen molar-refractivity contribution in [3.05, 3.63) is 47.0 Å². The quantitative estimate of drug-likeness (QED) is 0.582. The Balaban J connectivity index is 1.88. The van der Waals surface area contributed by atoms with Gasteiger partial charge in [0.15, 0.2) is 0 Å². The van der Waals surface area contributed by atoms with Crippen molar-refractivity contribution in [3.8, 4) is 0 Å². The van der Waals surface area contributed by atoms with Crippen LogP contribution in [0.3, 0.4) is 0 Å². The summed E-state index contributed by atoms with van der Waals surface area (Å²) in [5.74, 6) is 0.0734. The zero-order valence-corrected chi connectivity index (χ0v) is 15.4. The van der Waals surface area contributed by atoms with Gasteiger partial charge in [0.25, 0.3) is 0 Å². The molecule has 1 aromatic carbocycles. The van der Waals surface area contributed by atoms with Crippen molar-refractivity contribution in [2.45, 2.75) is 70.8 Å². The minimum atomic E-state index is -0.127. The maximum Gasteiger partial charge on any atom is 0.233 e. The van der Waals surface area contributed by atoms with E-state index in [-0.39, 0.29) is 23.8 Å². The molecule has 0 radical (unpaired) electrons. The van der Waals surface area contributed by atoms with Crippen LogP contribution in [-0.4, -0.2) is 23.3 Å². The van der Waals surface area contributed by atoms with Crippen LogP contribution in [0.15, 0.2) is 41.5 Å². The first-order valence-electron chi connectivity index (χ1n) is 9.59. The molecule has 25 heavy (non-hydrogen) atoms.